The fraction of sp³-hybridized carbons (Fsp3) is 0.542. The van der Waals surface area contributed by atoms with Crippen LogP contribution in [0.1, 0.15) is 43.5 Å². The van der Waals surface area contributed by atoms with Gasteiger partial charge in [0.25, 0.3) is 5.56 Å². The Hall–Kier alpha value is -3.59. The number of aliphatic hydroxyl groups is 2. The van der Waals surface area contributed by atoms with E-state index in [4.69, 9.17) is 26.6 Å². The minimum absolute atomic E-state index is 0.00607. The zero-order chi connectivity index (χ0) is 29.4. The first-order chi connectivity index (χ1) is 18.0. The fourth-order valence-corrected chi connectivity index (χ4v) is 3.22. The second kappa shape index (κ2) is 17.8. The van der Waals surface area contributed by atoms with E-state index in [1.807, 2.05) is 39.8 Å². The second-order valence-corrected chi connectivity index (χ2v) is 7.86. The summed E-state index contributed by atoms with van der Waals surface area (Å²) in [5.74, 6) is 9.50. The SMILES string of the molecule is CC.CO.Cc1cc2nc(/C(=N/N)N(C)N)c(=O)n(CCC(O)CCOCC(=O)NCC(=O)O)c2cc1C. The molecule has 38 heavy (non-hydrogen) atoms. The predicted octanol–water partition coefficient (Wildman–Crippen LogP) is -0.568. The second-order valence-electron chi connectivity index (χ2n) is 7.86. The lowest BCUT2D eigenvalue weighted by molar-refractivity contribution is -0.138. The number of carboxylic acids is 1. The maximum atomic E-state index is 13.2. The van der Waals surface area contributed by atoms with Gasteiger partial charge in [0, 0.05) is 27.3 Å². The normalized spacial score (nSPS) is 11.6. The number of amidine groups is 1. The number of ether oxygens (including phenoxy) is 1. The van der Waals surface area contributed by atoms with Gasteiger partial charge in [-0.2, -0.15) is 5.10 Å². The van der Waals surface area contributed by atoms with E-state index in [0.29, 0.717) is 11.0 Å². The summed E-state index contributed by atoms with van der Waals surface area (Å²) in [5.41, 5.74) is 2.68. The highest BCUT2D eigenvalue weighted by atomic mass is 16.5. The van der Waals surface area contributed by atoms with Crippen LogP contribution >= 0.6 is 0 Å². The smallest absolute Gasteiger partial charge is 0.322 e. The number of aromatic nitrogens is 2. The molecule has 0 bridgehead atoms. The Morgan fingerprint density at radius 3 is 2.37 bits per heavy atom. The molecule has 214 valence electrons. The van der Waals surface area contributed by atoms with Gasteiger partial charge in [-0.15, -0.1) is 0 Å². The highest BCUT2D eigenvalue weighted by Gasteiger charge is 2.19. The van der Waals surface area contributed by atoms with Crippen molar-refractivity contribution >= 4 is 28.7 Å². The molecule has 1 aromatic heterocycles. The fourth-order valence-electron chi connectivity index (χ4n) is 3.22. The summed E-state index contributed by atoms with van der Waals surface area (Å²) in [6.07, 6.45) is -0.365. The van der Waals surface area contributed by atoms with Gasteiger partial charge in [-0.3, -0.25) is 19.4 Å². The van der Waals surface area contributed by atoms with Crippen molar-refractivity contribution in [1.82, 2.24) is 19.9 Å². The van der Waals surface area contributed by atoms with Crippen LogP contribution < -0.4 is 22.6 Å². The third kappa shape index (κ3) is 10.4. The summed E-state index contributed by atoms with van der Waals surface area (Å²) in [7, 11) is 2.49. The lowest BCUT2D eigenvalue weighted by atomic mass is 10.1. The molecule has 1 unspecified atom stereocenters. The molecule has 1 amide bonds. The molecule has 8 N–H and O–H groups in total. The van der Waals surface area contributed by atoms with E-state index in [1.54, 1.807) is 0 Å². The summed E-state index contributed by atoms with van der Waals surface area (Å²) in [6.45, 7) is 7.32. The van der Waals surface area contributed by atoms with Crippen LogP contribution in [0.25, 0.3) is 11.0 Å². The number of aryl methyl sites for hydroxylation is 3. The number of amides is 1. The summed E-state index contributed by atoms with van der Waals surface area (Å²) in [4.78, 5) is 39.5. The number of rotatable bonds is 11. The molecule has 14 nitrogen and oxygen atoms in total. The van der Waals surface area contributed by atoms with Crippen LogP contribution in [-0.4, -0.2) is 87.6 Å². The van der Waals surface area contributed by atoms with Gasteiger partial charge in [0.15, 0.2) is 11.5 Å². The Labute approximate surface area is 221 Å². The van der Waals surface area contributed by atoms with Gasteiger partial charge < -0.3 is 35.8 Å². The van der Waals surface area contributed by atoms with Gasteiger partial charge in [-0.25, -0.2) is 10.8 Å². The standard InChI is InChI=1S/C21H31N7O6.C2H6.CH4O/c1-12-8-15-16(9-13(12)2)28(21(33)19(25-15)20(26-22)27(3)23)6-4-14(29)5-7-34-11-17(30)24-10-18(31)32;2*1-2/h8-9,14,29H,4-7,10-11,22-23H2,1-3H3,(H,24,30)(H,31,32);1-2H3;2H,1H3/b26-20-;;. The Balaban J connectivity index is 0.00000326. The molecule has 1 heterocycles. The first-order valence-corrected chi connectivity index (χ1v) is 12.0. The number of benzene rings is 1. The number of aliphatic hydroxyl groups excluding tert-OH is 2. The average molecular weight is 540 g/mol. The number of nitrogens with two attached hydrogens (primary N) is 2. The van der Waals surface area contributed by atoms with Crippen molar-refractivity contribution in [3.63, 3.8) is 0 Å². The van der Waals surface area contributed by atoms with E-state index >= 15 is 0 Å². The van der Waals surface area contributed by atoms with Crippen LogP contribution in [0.4, 0.5) is 0 Å². The van der Waals surface area contributed by atoms with Crippen LogP contribution in [0.5, 0.6) is 0 Å². The number of carboxylic acid groups (broad SMARTS) is 1. The minimum atomic E-state index is -1.15. The van der Waals surface area contributed by atoms with Gasteiger partial charge in [-0.05, 0) is 49.9 Å². The third-order valence-corrected chi connectivity index (χ3v) is 5.18. The zero-order valence-corrected chi connectivity index (χ0v) is 22.9. The monoisotopic (exact) mass is 539 g/mol. The molecule has 0 saturated carbocycles. The number of fused-ring (bicyclic) bond motifs is 1. The molecule has 0 aliphatic carbocycles. The number of carbonyl (C=O) groups excluding carboxylic acids is 1. The molecule has 0 saturated heterocycles. The van der Waals surface area contributed by atoms with Crippen molar-refractivity contribution in [2.45, 2.75) is 53.2 Å². The van der Waals surface area contributed by atoms with Crippen molar-refractivity contribution in [2.24, 2.45) is 16.8 Å². The summed E-state index contributed by atoms with van der Waals surface area (Å²) < 4.78 is 6.67. The number of aliphatic carboxylic acids is 1. The average Bonchev–Trinajstić information content (AvgIpc) is 2.89. The third-order valence-electron chi connectivity index (χ3n) is 5.18. The molecule has 0 aliphatic heterocycles. The first-order valence-electron chi connectivity index (χ1n) is 12.0. The number of nitrogens with zero attached hydrogens (tertiary/aromatic N) is 4. The number of carbonyl (C=O) groups is 2. The zero-order valence-electron chi connectivity index (χ0n) is 22.9. The lowest BCUT2D eigenvalue weighted by Crippen LogP contribution is -2.41. The van der Waals surface area contributed by atoms with Gasteiger partial charge >= 0.3 is 5.97 Å². The molecule has 1 atom stereocenters. The van der Waals surface area contributed by atoms with Crippen molar-refractivity contribution < 1.29 is 29.6 Å². The van der Waals surface area contributed by atoms with E-state index in [-0.39, 0.29) is 44.1 Å². The summed E-state index contributed by atoms with van der Waals surface area (Å²) >= 11 is 0. The minimum Gasteiger partial charge on any atom is -0.480 e. The molecule has 2 rings (SSSR count). The molecule has 14 heteroatoms. The van der Waals surface area contributed by atoms with E-state index in [9.17, 15) is 19.5 Å². The highest BCUT2D eigenvalue weighted by molar-refractivity contribution is 5.97. The summed E-state index contributed by atoms with van der Waals surface area (Å²) in [5, 5.41) is 32.8. The molecule has 0 radical (unpaired) electrons. The topological polar surface area (TPSA) is 219 Å². The Bertz CT molecular complexity index is 1130. The maximum absolute atomic E-state index is 13.2. The van der Waals surface area contributed by atoms with Crippen LogP contribution in [0.3, 0.4) is 0 Å². The summed E-state index contributed by atoms with van der Waals surface area (Å²) in [6, 6.07) is 3.72. The number of hydrazine groups is 1. The largest absolute Gasteiger partial charge is 0.480 e. The van der Waals surface area contributed by atoms with Crippen LogP contribution in [0.15, 0.2) is 22.0 Å². The maximum Gasteiger partial charge on any atom is 0.322 e. The predicted molar refractivity (Wildman–Crippen MR) is 144 cm³/mol. The lowest BCUT2D eigenvalue weighted by Gasteiger charge is -2.18. The van der Waals surface area contributed by atoms with E-state index in [2.05, 4.69) is 15.4 Å². The van der Waals surface area contributed by atoms with Crippen LogP contribution in [0.2, 0.25) is 0 Å². The van der Waals surface area contributed by atoms with Crippen LogP contribution in [0, 0.1) is 13.8 Å². The molecule has 1 aromatic carbocycles. The first kappa shape index (κ1) is 34.4. The van der Waals surface area contributed by atoms with Gasteiger partial charge in [0.1, 0.15) is 13.2 Å². The molecule has 0 aliphatic rings. The number of hydrogen-bond acceptors (Lipinski definition) is 10. The number of hydrogen-bond donors (Lipinski definition) is 6. The molecular weight excluding hydrogens is 498 g/mol. The van der Waals surface area contributed by atoms with Crippen molar-refractivity contribution in [3.8, 4) is 0 Å². The number of nitrogens with one attached hydrogen (secondary N) is 1. The van der Waals surface area contributed by atoms with Gasteiger partial charge in [0.05, 0.1) is 17.1 Å². The van der Waals surface area contributed by atoms with Crippen molar-refractivity contribution in [1.29, 1.82) is 0 Å². The molecule has 0 spiro atoms. The Kier molecular flexibility index (Phi) is 16.1. The number of hydrazone groups is 1. The van der Waals surface area contributed by atoms with Gasteiger partial charge in [0.2, 0.25) is 5.91 Å². The van der Waals surface area contributed by atoms with Crippen molar-refractivity contribution in [2.75, 3.05) is 33.9 Å². The highest BCUT2D eigenvalue weighted by Crippen LogP contribution is 2.18. The molecule has 2 aromatic rings. The quantitative estimate of drug-likeness (QED) is 0.0698. The van der Waals surface area contributed by atoms with E-state index in [0.717, 1.165) is 23.2 Å². The Morgan fingerprint density at radius 2 is 1.82 bits per heavy atom. The van der Waals surface area contributed by atoms with Crippen LogP contribution in [-0.2, 0) is 20.9 Å². The molecule has 0 fully saturated rings. The van der Waals surface area contributed by atoms with Gasteiger partial charge in [-0.1, -0.05) is 13.8 Å². The van der Waals surface area contributed by atoms with E-state index < -0.39 is 30.1 Å². The van der Waals surface area contributed by atoms with Crippen molar-refractivity contribution in [3.05, 3.63) is 39.3 Å². The van der Waals surface area contributed by atoms with E-state index in [1.165, 1.54) is 11.6 Å². The Morgan fingerprint density at radius 1 is 1.21 bits per heavy atom. The molecular formula is C24H41N7O7.